The fraction of sp³-hybridized carbons (Fsp3) is 0.200. The first-order valence-corrected chi connectivity index (χ1v) is 10.2. The van der Waals surface area contributed by atoms with Crippen molar-refractivity contribution < 1.29 is 29.0 Å². The molecule has 32 heavy (non-hydrogen) atoms. The van der Waals surface area contributed by atoms with E-state index in [2.05, 4.69) is 4.84 Å². The van der Waals surface area contributed by atoms with Crippen LogP contribution >= 0.6 is 0 Å². The summed E-state index contributed by atoms with van der Waals surface area (Å²) >= 11 is 0. The summed E-state index contributed by atoms with van der Waals surface area (Å²) in [6, 6.07) is 23.7. The van der Waals surface area contributed by atoms with E-state index in [1.165, 1.54) is 0 Å². The van der Waals surface area contributed by atoms with Crippen LogP contribution in [0.1, 0.15) is 23.1 Å². The molecule has 7 nitrogen and oxygen atoms in total. The number of ether oxygens (including phenoxy) is 2. The Morgan fingerprint density at radius 2 is 1.44 bits per heavy atom. The number of aryl methyl sites for hydroxylation is 1. The molecule has 0 saturated carbocycles. The zero-order chi connectivity index (χ0) is 22.8. The van der Waals surface area contributed by atoms with E-state index in [0.717, 1.165) is 16.7 Å². The minimum absolute atomic E-state index is 0.0250. The topological polar surface area (TPSA) is 108 Å². The molecule has 0 heterocycles. The van der Waals surface area contributed by atoms with Gasteiger partial charge < -0.3 is 19.4 Å². The van der Waals surface area contributed by atoms with Crippen molar-refractivity contribution >= 4 is 11.9 Å². The fourth-order valence-electron chi connectivity index (χ4n) is 3.13. The molecule has 0 unspecified atom stereocenters. The maximum atomic E-state index is 12.4. The van der Waals surface area contributed by atoms with Crippen LogP contribution in [-0.4, -0.2) is 17.0 Å². The van der Waals surface area contributed by atoms with Crippen LogP contribution in [0.4, 0.5) is 0 Å². The Balaban J connectivity index is 1.57. The van der Waals surface area contributed by atoms with Crippen LogP contribution in [0.25, 0.3) is 0 Å². The third kappa shape index (κ3) is 6.58. The second kappa shape index (κ2) is 11.5. The summed E-state index contributed by atoms with van der Waals surface area (Å²) < 4.78 is 10.9. The first-order chi connectivity index (χ1) is 15.6. The van der Waals surface area contributed by atoms with Crippen molar-refractivity contribution in [3.63, 3.8) is 0 Å². The summed E-state index contributed by atoms with van der Waals surface area (Å²) in [5, 5.41) is 10.3. The number of hydrogen-bond donors (Lipinski definition) is 2. The van der Waals surface area contributed by atoms with Gasteiger partial charge in [0.05, 0.1) is 0 Å². The lowest BCUT2D eigenvalue weighted by Crippen LogP contribution is -2.30. The third-order valence-corrected chi connectivity index (χ3v) is 4.89. The highest BCUT2D eigenvalue weighted by molar-refractivity contribution is 5.94. The van der Waals surface area contributed by atoms with Crippen molar-refractivity contribution in [3.05, 3.63) is 95.6 Å². The van der Waals surface area contributed by atoms with Gasteiger partial charge in [-0.3, -0.25) is 4.79 Å². The van der Waals surface area contributed by atoms with Crippen molar-refractivity contribution in [1.82, 2.24) is 0 Å². The Morgan fingerprint density at radius 1 is 0.812 bits per heavy atom. The van der Waals surface area contributed by atoms with Crippen LogP contribution in [0.2, 0.25) is 0 Å². The Morgan fingerprint density at radius 3 is 2.03 bits per heavy atom. The molecule has 166 valence electrons. The van der Waals surface area contributed by atoms with Crippen molar-refractivity contribution in [3.8, 4) is 11.5 Å². The minimum Gasteiger partial charge on any atom is -0.504 e. The molecule has 1 atom stereocenters. The molecule has 7 heteroatoms. The number of rotatable bonds is 10. The molecular formula is C25H25NO6. The number of carbonyl (C=O) groups is 2. The Labute approximate surface area is 186 Å². The summed E-state index contributed by atoms with van der Waals surface area (Å²) in [6.45, 7) is 0.369. The van der Waals surface area contributed by atoms with E-state index < -0.39 is 17.9 Å². The van der Waals surface area contributed by atoms with Crippen molar-refractivity contribution in [2.24, 2.45) is 11.8 Å². The molecule has 0 saturated heterocycles. The molecule has 0 amide bonds. The number of esters is 1. The van der Waals surface area contributed by atoms with E-state index in [0.29, 0.717) is 18.8 Å². The van der Waals surface area contributed by atoms with Crippen LogP contribution in [-0.2, 0) is 38.8 Å². The number of nitrogens with two attached hydrogens (primary N) is 1. The number of phenolic OH excluding ortho intramolecular Hbond substituents is 1. The largest absolute Gasteiger partial charge is 0.504 e. The molecule has 3 aromatic carbocycles. The van der Waals surface area contributed by atoms with Gasteiger partial charge in [0.1, 0.15) is 13.2 Å². The molecule has 3 aromatic rings. The molecule has 3 rings (SSSR count). The molecule has 0 bridgehead atoms. The van der Waals surface area contributed by atoms with E-state index in [1.54, 1.807) is 18.2 Å². The van der Waals surface area contributed by atoms with E-state index >= 15 is 0 Å². The number of benzene rings is 3. The zero-order valence-corrected chi connectivity index (χ0v) is 17.5. The summed E-state index contributed by atoms with van der Waals surface area (Å²) in [6.07, 6.45) is 0.444. The monoisotopic (exact) mass is 435 g/mol. The maximum Gasteiger partial charge on any atom is 0.338 e. The van der Waals surface area contributed by atoms with Gasteiger partial charge in [-0.1, -0.05) is 66.7 Å². The van der Waals surface area contributed by atoms with E-state index in [1.807, 2.05) is 60.7 Å². The van der Waals surface area contributed by atoms with Crippen molar-refractivity contribution in [2.75, 3.05) is 0 Å². The first-order valence-electron chi connectivity index (χ1n) is 10.2. The second-order valence-electron chi connectivity index (χ2n) is 7.20. The lowest BCUT2D eigenvalue weighted by Gasteiger charge is -2.14. The van der Waals surface area contributed by atoms with E-state index in [9.17, 15) is 14.7 Å². The van der Waals surface area contributed by atoms with Gasteiger partial charge in [0, 0.05) is 0 Å². The molecule has 0 fully saturated rings. The maximum absolute atomic E-state index is 12.4. The van der Waals surface area contributed by atoms with Gasteiger partial charge in [-0.25, -0.2) is 4.79 Å². The van der Waals surface area contributed by atoms with Crippen LogP contribution < -0.4 is 10.6 Å². The smallest absolute Gasteiger partial charge is 0.338 e. The van der Waals surface area contributed by atoms with Gasteiger partial charge in [0.15, 0.2) is 17.4 Å². The molecule has 0 aliphatic rings. The lowest BCUT2D eigenvalue weighted by atomic mass is 9.99. The van der Waals surface area contributed by atoms with Crippen molar-refractivity contribution in [1.29, 1.82) is 0 Å². The average Bonchev–Trinajstić information content (AvgIpc) is 2.83. The number of hydrogen-bond acceptors (Lipinski definition) is 7. The normalized spacial score (nSPS) is 11.4. The predicted octanol–water partition coefficient (Wildman–Crippen LogP) is 3.68. The zero-order valence-electron chi connectivity index (χ0n) is 17.5. The highest BCUT2D eigenvalue weighted by Crippen LogP contribution is 2.28. The number of carbonyl (C=O) groups excluding carboxylic acids is 2. The second-order valence-corrected chi connectivity index (χ2v) is 7.20. The molecule has 0 aliphatic heterocycles. The van der Waals surface area contributed by atoms with E-state index in [-0.39, 0.29) is 18.8 Å². The molecule has 0 aliphatic carbocycles. The van der Waals surface area contributed by atoms with Crippen LogP contribution in [0.15, 0.2) is 78.9 Å². The lowest BCUT2D eigenvalue weighted by molar-refractivity contribution is -0.163. The molecule has 0 spiro atoms. The van der Waals surface area contributed by atoms with Crippen molar-refractivity contribution in [2.45, 2.75) is 26.1 Å². The standard InChI is InChI=1S/C25H25NO6/c26-32-25(29)21(24(28)31-17-20-9-5-2-6-10-20)13-11-18-12-14-23(22(27)15-18)30-16-19-7-3-1-4-8-19/h1-10,12,14-15,21,27H,11,13,16-17,26H2/t21-/m0/s1. The third-order valence-electron chi connectivity index (χ3n) is 4.89. The summed E-state index contributed by atoms with van der Waals surface area (Å²) in [4.78, 5) is 28.7. The molecule has 0 aromatic heterocycles. The van der Waals surface area contributed by atoms with Gasteiger partial charge in [-0.2, -0.15) is 5.90 Å². The van der Waals surface area contributed by atoms with Gasteiger partial charge in [-0.05, 0) is 41.7 Å². The SMILES string of the molecule is NOC(=O)[C@@H](CCc1ccc(OCc2ccccc2)c(O)c1)C(=O)OCc1ccccc1. The van der Waals surface area contributed by atoms with Gasteiger partial charge in [0.25, 0.3) is 0 Å². The minimum atomic E-state index is -1.17. The van der Waals surface area contributed by atoms with E-state index in [4.69, 9.17) is 15.4 Å². The predicted molar refractivity (Wildman–Crippen MR) is 117 cm³/mol. The van der Waals surface area contributed by atoms with Gasteiger partial charge >= 0.3 is 11.9 Å². The Hall–Kier alpha value is -3.84. The highest BCUT2D eigenvalue weighted by Gasteiger charge is 2.29. The average molecular weight is 435 g/mol. The molecular weight excluding hydrogens is 410 g/mol. The van der Waals surface area contributed by atoms with Crippen LogP contribution in [0.3, 0.4) is 0 Å². The number of aromatic hydroxyl groups is 1. The summed E-state index contributed by atoms with van der Waals surface area (Å²) in [5.74, 6) is 2.57. The summed E-state index contributed by atoms with van der Waals surface area (Å²) in [5.41, 5.74) is 2.50. The number of phenols is 1. The fourth-order valence-corrected chi connectivity index (χ4v) is 3.13. The Kier molecular flexibility index (Phi) is 8.22. The Bertz CT molecular complexity index is 1020. The quantitative estimate of drug-likeness (QED) is 0.284. The first kappa shape index (κ1) is 22.8. The molecule has 0 radical (unpaired) electrons. The van der Waals surface area contributed by atoms with Crippen LogP contribution in [0, 0.1) is 5.92 Å². The molecule has 3 N–H and O–H groups in total. The van der Waals surface area contributed by atoms with Gasteiger partial charge in [0.2, 0.25) is 0 Å². The highest BCUT2D eigenvalue weighted by atomic mass is 16.7. The summed E-state index contributed by atoms with van der Waals surface area (Å²) in [7, 11) is 0. The van der Waals surface area contributed by atoms with Gasteiger partial charge in [-0.15, -0.1) is 0 Å². The van der Waals surface area contributed by atoms with Crippen LogP contribution in [0.5, 0.6) is 11.5 Å².